The number of ether oxygens (including phenoxy) is 1. The molecule has 18 heavy (non-hydrogen) atoms. The van der Waals surface area contributed by atoms with Crippen LogP contribution in [0.2, 0.25) is 0 Å². The van der Waals surface area contributed by atoms with E-state index in [0.717, 1.165) is 0 Å². The van der Waals surface area contributed by atoms with Gasteiger partial charge in [0.2, 0.25) is 0 Å². The minimum Gasteiger partial charge on any atom is -0.462 e. The van der Waals surface area contributed by atoms with Gasteiger partial charge in [-0.15, -0.1) is 0 Å². The minimum absolute atomic E-state index is 0.0208. The summed E-state index contributed by atoms with van der Waals surface area (Å²) in [5.41, 5.74) is 2.48. The van der Waals surface area contributed by atoms with Crippen molar-refractivity contribution in [3.8, 4) is 0 Å². The van der Waals surface area contributed by atoms with E-state index in [4.69, 9.17) is 16.3 Å². The van der Waals surface area contributed by atoms with E-state index >= 15 is 0 Å². The third-order valence-electron chi connectivity index (χ3n) is 2.05. The lowest BCUT2D eigenvalue weighted by molar-refractivity contribution is -0.145. The molecule has 0 aliphatic rings. The molecule has 1 aromatic rings. The molecule has 0 unspecified atom stereocenters. The molecule has 0 atom stereocenters. The second kappa shape index (κ2) is 7.01. The van der Waals surface area contributed by atoms with Gasteiger partial charge in [-0.05, 0) is 38.1 Å². The predicted octanol–water partition coefficient (Wildman–Crippen LogP) is 3.40. The van der Waals surface area contributed by atoms with Gasteiger partial charge in [-0.1, -0.05) is 11.6 Å². The van der Waals surface area contributed by atoms with Crippen LogP contribution in [0.15, 0.2) is 23.7 Å². The maximum atomic E-state index is 13.0. The van der Waals surface area contributed by atoms with Gasteiger partial charge in [0.15, 0.2) is 0 Å². The zero-order valence-corrected chi connectivity index (χ0v) is 11.0. The van der Waals surface area contributed by atoms with Crippen molar-refractivity contribution < 1.29 is 13.9 Å². The van der Waals surface area contributed by atoms with Crippen molar-refractivity contribution in [2.75, 3.05) is 11.9 Å². The molecule has 5 heteroatoms. The molecule has 98 valence electrons. The SMILES string of the molecule is CC(C)OC(=O)CNc1ccc(F)cc1/C=C\Cl. The molecule has 0 aliphatic heterocycles. The molecule has 1 rings (SSSR count). The Balaban J connectivity index is 2.69. The fourth-order valence-corrected chi connectivity index (χ4v) is 1.51. The monoisotopic (exact) mass is 271 g/mol. The van der Waals surface area contributed by atoms with Gasteiger partial charge >= 0.3 is 5.97 Å². The van der Waals surface area contributed by atoms with Crippen LogP contribution in [0.1, 0.15) is 19.4 Å². The summed E-state index contributed by atoms with van der Waals surface area (Å²) in [6.07, 6.45) is 1.38. The zero-order valence-electron chi connectivity index (χ0n) is 10.2. The van der Waals surface area contributed by atoms with Crippen molar-refractivity contribution in [3.05, 3.63) is 35.1 Å². The number of esters is 1. The molecule has 0 heterocycles. The van der Waals surface area contributed by atoms with Gasteiger partial charge in [-0.3, -0.25) is 4.79 Å². The Morgan fingerprint density at radius 2 is 2.28 bits per heavy atom. The topological polar surface area (TPSA) is 38.3 Å². The quantitative estimate of drug-likeness (QED) is 0.834. The number of benzene rings is 1. The van der Waals surface area contributed by atoms with Crippen LogP contribution in [-0.4, -0.2) is 18.6 Å². The first-order valence-electron chi connectivity index (χ1n) is 5.52. The molecule has 3 nitrogen and oxygen atoms in total. The normalized spacial score (nSPS) is 10.9. The first-order chi connectivity index (χ1) is 8.52. The van der Waals surface area contributed by atoms with Crippen LogP contribution in [0.3, 0.4) is 0 Å². The highest BCUT2D eigenvalue weighted by Gasteiger charge is 2.07. The number of hydrogen-bond acceptors (Lipinski definition) is 3. The van der Waals surface area contributed by atoms with Gasteiger partial charge in [-0.2, -0.15) is 0 Å². The van der Waals surface area contributed by atoms with Crippen LogP contribution in [0.5, 0.6) is 0 Å². The Labute approximate surface area is 111 Å². The summed E-state index contributed by atoms with van der Waals surface area (Å²) in [7, 11) is 0. The highest BCUT2D eigenvalue weighted by Crippen LogP contribution is 2.18. The van der Waals surface area contributed by atoms with Gasteiger partial charge < -0.3 is 10.1 Å². The highest BCUT2D eigenvalue weighted by molar-refractivity contribution is 6.27. The summed E-state index contributed by atoms with van der Waals surface area (Å²) in [5, 5.41) is 2.88. The van der Waals surface area contributed by atoms with Crippen LogP contribution in [0.4, 0.5) is 10.1 Å². The van der Waals surface area contributed by atoms with Crippen molar-refractivity contribution in [1.29, 1.82) is 0 Å². The summed E-state index contributed by atoms with van der Waals surface area (Å²) in [6, 6.07) is 4.18. The standard InChI is InChI=1S/C13H15ClFNO2/c1-9(2)18-13(17)8-16-12-4-3-11(15)7-10(12)5-6-14/h3-7,9,16H,8H2,1-2H3/b6-5-. The van der Waals surface area contributed by atoms with Crippen molar-refractivity contribution >= 4 is 29.3 Å². The molecule has 0 radical (unpaired) electrons. The fraction of sp³-hybridized carbons (Fsp3) is 0.308. The van der Waals surface area contributed by atoms with E-state index in [1.165, 1.54) is 17.7 Å². The van der Waals surface area contributed by atoms with Crippen LogP contribution < -0.4 is 5.32 Å². The molecule has 0 bridgehead atoms. The second-order valence-corrected chi connectivity index (χ2v) is 4.17. The average Bonchev–Trinajstić information content (AvgIpc) is 2.27. The molecule has 1 aromatic carbocycles. The van der Waals surface area contributed by atoms with E-state index in [0.29, 0.717) is 11.3 Å². The first-order valence-corrected chi connectivity index (χ1v) is 5.96. The minimum atomic E-state index is -0.366. The number of nitrogens with one attached hydrogen (secondary N) is 1. The van der Waals surface area contributed by atoms with Crippen LogP contribution in [0, 0.1) is 5.82 Å². The summed E-state index contributed by atoms with van der Waals surface area (Å²) < 4.78 is 18.0. The Hall–Kier alpha value is -1.55. The van der Waals surface area contributed by atoms with E-state index in [9.17, 15) is 9.18 Å². The number of hydrogen-bond donors (Lipinski definition) is 1. The number of carbonyl (C=O) groups excluding carboxylic acids is 1. The van der Waals surface area contributed by atoms with E-state index in [2.05, 4.69) is 5.32 Å². The molecule has 0 saturated heterocycles. The third-order valence-corrected chi connectivity index (χ3v) is 2.17. The second-order valence-electron chi connectivity index (χ2n) is 3.92. The van der Waals surface area contributed by atoms with Crippen molar-refractivity contribution in [2.45, 2.75) is 20.0 Å². The summed E-state index contributed by atoms with van der Waals surface area (Å²) >= 11 is 5.47. The maximum Gasteiger partial charge on any atom is 0.325 e. The Bertz CT molecular complexity index is 447. The van der Waals surface area contributed by atoms with Crippen molar-refractivity contribution in [3.63, 3.8) is 0 Å². The van der Waals surface area contributed by atoms with Gasteiger partial charge in [0.05, 0.1) is 6.10 Å². The third kappa shape index (κ3) is 4.75. The van der Waals surface area contributed by atoms with Crippen LogP contribution >= 0.6 is 11.6 Å². The smallest absolute Gasteiger partial charge is 0.325 e. The van der Waals surface area contributed by atoms with Gasteiger partial charge in [0, 0.05) is 16.8 Å². The Morgan fingerprint density at radius 1 is 1.56 bits per heavy atom. The molecule has 0 aliphatic carbocycles. The fourth-order valence-electron chi connectivity index (χ4n) is 1.37. The largest absolute Gasteiger partial charge is 0.462 e. The van der Waals surface area contributed by atoms with E-state index in [1.807, 2.05) is 0 Å². The Morgan fingerprint density at radius 3 is 2.89 bits per heavy atom. The lowest BCUT2D eigenvalue weighted by Crippen LogP contribution is -2.20. The van der Waals surface area contributed by atoms with Crippen molar-refractivity contribution in [1.82, 2.24) is 0 Å². The molecule has 0 fully saturated rings. The molecular weight excluding hydrogens is 257 g/mol. The van der Waals surface area contributed by atoms with E-state index in [-0.39, 0.29) is 24.4 Å². The first kappa shape index (κ1) is 14.5. The maximum absolute atomic E-state index is 13.0. The molecule has 0 amide bonds. The van der Waals surface area contributed by atoms with Gasteiger partial charge in [0.25, 0.3) is 0 Å². The molecule has 1 N–H and O–H groups in total. The lowest BCUT2D eigenvalue weighted by Gasteiger charge is -2.11. The Kier molecular flexibility index (Phi) is 5.65. The summed E-state index contributed by atoms with van der Waals surface area (Å²) in [5.74, 6) is -0.731. The number of halogens is 2. The summed E-state index contributed by atoms with van der Waals surface area (Å²) in [6.45, 7) is 3.57. The zero-order chi connectivity index (χ0) is 13.5. The van der Waals surface area contributed by atoms with Crippen LogP contribution in [0.25, 0.3) is 6.08 Å². The number of carbonyl (C=O) groups is 1. The van der Waals surface area contributed by atoms with E-state index < -0.39 is 0 Å². The van der Waals surface area contributed by atoms with Gasteiger partial charge in [-0.25, -0.2) is 4.39 Å². The van der Waals surface area contributed by atoms with E-state index in [1.54, 1.807) is 26.0 Å². The van der Waals surface area contributed by atoms with Gasteiger partial charge in [0.1, 0.15) is 12.4 Å². The average molecular weight is 272 g/mol. The van der Waals surface area contributed by atoms with Crippen molar-refractivity contribution in [2.24, 2.45) is 0 Å². The number of anilines is 1. The summed E-state index contributed by atoms with van der Waals surface area (Å²) in [4.78, 5) is 11.4. The molecule has 0 aromatic heterocycles. The molecular formula is C13H15ClFNO2. The molecule has 0 saturated carbocycles. The lowest BCUT2D eigenvalue weighted by atomic mass is 10.1. The molecule has 0 spiro atoms. The number of rotatable bonds is 5. The van der Waals surface area contributed by atoms with Crippen LogP contribution in [-0.2, 0) is 9.53 Å². The highest BCUT2D eigenvalue weighted by atomic mass is 35.5. The predicted molar refractivity (Wildman–Crippen MR) is 71.0 cm³/mol.